The topological polar surface area (TPSA) is 29.4 Å². The van der Waals surface area contributed by atoms with Gasteiger partial charge in [-0.25, -0.2) is 4.21 Å². The van der Waals surface area contributed by atoms with Crippen LogP contribution in [-0.4, -0.2) is 20.5 Å². The molecule has 0 aromatic rings. The summed E-state index contributed by atoms with van der Waals surface area (Å²) in [4.78, 5) is 0. The van der Waals surface area contributed by atoms with Gasteiger partial charge in [-0.1, -0.05) is 15.9 Å². The van der Waals surface area contributed by atoms with Gasteiger partial charge in [-0.2, -0.15) is 4.40 Å². The van der Waals surface area contributed by atoms with Crippen LogP contribution in [0.1, 0.15) is 40.0 Å². The van der Waals surface area contributed by atoms with E-state index in [1.54, 1.807) is 6.21 Å². The van der Waals surface area contributed by atoms with Gasteiger partial charge in [0, 0.05) is 11.5 Å². The predicted molar refractivity (Wildman–Crippen MR) is 64.0 cm³/mol. The standard InChI is InChI=1S/C9H18BrNOS/c1-9(2,3)13(12)11-8-6-4-5-7-10/h8H,4-7H2,1-3H3/b11-8+/t13-/m1/s1. The molecule has 4 heteroatoms. The molecule has 0 N–H and O–H groups in total. The average Bonchev–Trinajstić information content (AvgIpc) is 2.02. The van der Waals surface area contributed by atoms with E-state index in [0.717, 1.165) is 24.6 Å². The second-order valence-electron chi connectivity index (χ2n) is 3.83. The summed E-state index contributed by atoms with van der Waals surface area (Å²) < 4.78 is 15.2. The molecule has 0 amide bonds. The van der Waals surface area contributed by atoms with E-state index in [1.807, 2.05) is 20.8 Å². The normalized spacial score (nSPS) is 15.1. The Balaban J connectivity index is 3.67. The Kier molecular flexibility index (Phi) is 6.86. The molecule has 0 radical (unpaired) electrons. The van der Waals surface area contributed by atoms with E-state index in [9.17, 15) is 4.21 Å². The van der Waals surface area contributed by atoms with Crippen molar-refractivity contribution in [3.05, 3.63) is 0 Å². The van der Waals surface area contributed by atoms with Crippen LogP contribution in [0.25, 0.3) is 0 Å². The molecule has 0 saturated heterocycles. The van der Waals surface area contributed by atoms with Crippen molar-refractivity contribution in [2.45, 2.75) is 44.8 Å². The molecule has 0 fully saturated rings. The first kappa shape index (κ1) is 13.3. The van der Waals surface area contributed by atoms with Gasteiger partial charge in [-0.15, -0.1) is 0 Å². The summed E-state index contributed by atoms with van der Waals surface area (Å²) in [7, 11) is -1.09. The SMILES string of the molecule is CC(C)(C)[S@@](=O)/N=C/CCCCBr. The Morgan fingerprint density at radius 1 is 1.38 bits per heavy atom. The lowest BCUT2D eigenvalue weighted by atomic mass is 10.3. The molecule has 0 aromatic heterocycles. The maximum Gasteiger partial charge on any atom is 0.144 e. The molecule has 0 rings (SSSR count). The molecule has 1 atom stereocenters. The zero-order chi connectivity index (χ0) is 10.3. The second kappa shape index (κ2) is 6.71. The lowest BCUT2D eigenvalue weighted by Crippen LogP contribution is -2.19. The zero-order valence-electron chi connectivity index (χ0n) is 8.55. The van der Waals surface area contributed by atoms with Gasteiger partial charge in [0.1, 0.15) is 11.0 Å². The summed E-state index contributed by atoms with van der Waals surface area (Å²) in [5.74, 6) is 0. The Labute approximate surface area is 91.9 Å². The van der Waals surface area contributed by atoms with Crippen LogP contribution in [-0.2, 0) is 11.0 Å². The Morgan fingerprint density at radius 3 is 2.46 bits per heavy atom. The van der Waals surface area contributed by atoms with Crippen LogP contribution in [0.2, 0.25) is 0 Å². The van der Waals surface area contributed by atoms with Gasteiger partial charge in [0.15, 0.2) is 0 Å². The van der Waals surface area contributed by atoms with Crippen molar-refractivity contribution in [2.75, 3.05) is 5.33 Å². The first-order valence-electron chi connectivity index (χ1n) is 4.49. The number of nitrogens with zero attached hydrogens (tertiary/aromatic N) is 1. The van der Waals surface area contributed by atoms with Gasteiger partial charge in [-0.3, -0.25) is 0 Å². The van der Waals surface area contributed by atoms with E-state index in [0.29, 0.717) is 0 Å². The predicted octanol–water partition coefficient (Wildman–Crippen LogP) is 3.08. The van der Waals surface area contributed by atoms with Crippen LogP contribution in [0.15, 0.2) is 4.40 Å². The molecular weight excluding hydrogens is 250 g/mol. The highest BCUT2D eigenvalue weighted by Gasteiger charge is 2.17. The zero-order valence-corrected chi connectivity index (χ0v) is 10.9. The fourth-order valence-electron chi connectivity index (χ4n) is 0.609. The molecule has 0 heterocycles. The summed E-state index contributed by atoms with van der Waals surface area (Å²) in [5.41, 5.74) is 0. The van der Waals surface area contributed by atoms with Gasteiger partial charge in [0.05, 0.1) is 4.75 Å². The third-order valence-electron chi connectivity index (χ3n) is 1.41. The fraction of sp³-hybridized carbons (Fsp3) is 0.889. The van der Waals surface area contributed by atoms with E-state index in [-0.39, 0.29) is 4.75 Å². The average molecular weight is 268 g/mol. The van der Waals surface area contributed by atoms with Crippen LogP contribution in [0, 0.1) is 0 Å². The maximum atomic E-state index is 11.4. The van der Waals surface area contributed by atoms with Crippen LogP contribution < -0.4 is 0 Å². The van der Waals surface area contributed by atoms with Gasteiger partial charge in [-0.05, 0) is 40.0 Å². The first-order chi connectivity index (χ1) is 5.98. The summed E-state index contributed by atoms with van der Waals surface area (Å²) in [6.45, 7) is 5.79. The van der Waals surface area contributed by atoms with Crippen molar-refractivity contribution in [1.82, 2.24) is 0 Å². The van der Waals surface area contributed by atoms with Crippen molar-refractivity contribution in [3.63, 3.8) is 0 Å². The van der Waals surface area contributed by atoms with Gasteiger partial charge < -0.3 is 0 Å². The second-order valence-corrected chi connectivity index (χ2v) is 6.56. The third kappa shape index (κ3) is 7.38. The molecule has 78 valence electrons. The van der Waals surface area contributed by atoms with E-state index in [2.05, 4.69) is 20.3 Å². The highest BCUT2D eigenvalue weighted by atomic mass is 79.9. The molecule has 13 heavy (non-hydrogen) atoms. The molecular formula is C9H18BrNOS. The Hall–Kier alpha value is 0.300. The molecule has 0 aliphatic heterocycles. The van der Waals surface area contributed by atoms with Crippen LogP contribution in [0.5, 0.6) is 0 Å². The van der Waals surface area contributed by atoms with Crippen LogP contribution in [0.3, 0.4) is 0 Å². The third-order valence-corrected chi connectivity index (χ3v) is 3.36. The summed E-state index contributed by atoms with van der Waals surface area (Å²) in [6.07, 6.45) is 4.96. The van der Waals surface area contributed by atoms with Gasteiger partial charge >= 0.3 is 0 Å². The van der Waals surface area contributed by atoms with Crippen molar-refractivity contribution in [2.24, 2.45) is 4.40 Å². The Bertz CT molecular complexity index is 187. The molecule has 2 nitrogen and oxygen atoms in total. The minimum atomic E-state index is -1.09. The molecule has 0 aromatic carbocycles. The largest absolute Gasteiger partial charge is 0.234 e. The summed E-state index contributed by atoms with van der Waals surface area (Å²) >= 11 is 3.36. The van der Waals surface area contributed by atoms with Crippen molar-refractivity contribution < 1.29 is 4.21 Å². The minimum absolute atomic E-state index is 0.230. The van der Waals surface area contributed by atoms with Gasteiger partial charge in [0.2, 0.25) is 0 Å². The number of alkyl halides is 1. The van der Waals surface area contributed by atoms with E-state index in [1.165, 1.54) is 0 Å². The molecule has 0 bridgehead atoms. The fourth-order valence-corrected chi connectivity index (χ4v) is 1.56. The Morgan fingerprint density at radius 2 is 2.00 bits per heavy atom. The number of rotatable bonds is 5. The minimum Gasteiger partial charge on any atom is -0.234 e. The smallest absolute Gasteiger partial charge is 0.144 e. The molecule has 0 spiro atoms. The number of unbranched alkanes of at least 4 members (excludes halogenated alkanes) is 2. The first-order valence-corrected chi connectivity index (χ1v) is 6.72. The van der Waals surface area contributed by atoms with Crippen molar-refractivity contribution in [3.8, 4) is 0 Å². The number of hydrogen-bond donors (Lipinski definition) is 0. The monoisotopic (exact) mass is 267 g/mol. The van der Waals surface area contributed by atoms with Gasteiger partial charge in [0.25, 0.3) is 0 Å². The van der Waals surface area contributed by atoms with Crippen LogP contribution in [0.4, 0.5) is 0 Å². The summed E-state index contributed by atoms with van der Waals surface area (Å²) in [5, 5.41) is 1.03. The quantitative estimate of drug-likeness (QED) is 0.428. The lowest BCUT2D eigenvalue weighted by molar-refractivity contribution is 0.650. The molecule has 0 aliphatic rings. The maximum absolute atomic E-state index is 11.4. The van der Waals surface area contributed by atoms with Crippen molar-refractivity contribution in [1.29, 1.82) is 0 Å². The van der Waals surface area contributed by atoms with Crippen molar-refractivity contribution >= 4 is 33.1 Å². The molecule has 0 unspecified atom stereocenters. The summed E-state index contributed by atoms with van der Waals surface area (Å²) in [6, 6.07) is 0. The van der Waals surface area contributed by atoms with E-state index < -0.39 is 11.0 Å². The molecule has 0 aliphatic carbocycles. The van der Waals surface area contributed by atoms with E-state index in [4.69, 9.17) is 0 Å². The number of hydrogen-bond acceptors (Lipinski definition) is 1. The molecule has 0 saturated carbocycles. The highest BCUT2D eigenvalue weighted by molar-refractivity contribution is 9.09. The van der Waals surface area contributed by atoms with Crippen LogP contribution >= 0.6 is 15.9 Å². The lowest BCUT2D eigenvalue weighted by Gasteiger charge is -2.12. The highest BCUT2D eigenvalue weighted by Crippen LogP contribution is 2.11. The number of halogens is 1. The van der Waals surface area contributed by atoms with E-state index >= 15 is 0 Å².